The van der Waals surface area contributed by atoms with Gasteiger partial charge in [-0.05, 0) is 18.9 Å². The third-order valence-electron chi connectivity index (χ3n) is 3.56. The molecule has 0 aromatic carbocycles. The van der Waals surface area contributed by atoms with E-state index >= 15 is 0 Å². The lowest BCUT2D eigenvalue weighted by Crippen LogP contribution is -2.39. The summed E-state index contributed by atoms with van der Waals surface area (Å²) in [4.78, 5) is 12.2. The first-order chi connectivity index (χ1) is 8.10. The van der Waals surface area contributed by atoms with Gasteiger partial charge in [0.15, 0.2) is 5.78 Å². The van der Waals surface area contributed by atoms with E-state index in [0.29, 0.717) is 12.8 Å². The Bertz CT molecular complexity index is 390. The fourth-order valence-electron chi connectivity index (χ4n) is 2.48. The van der Waals surface area contributed by atoms with Crippen LogP contribution in [-0.2, 0) is 18.3 Å². The molecule has 4 nitrogen and oxygen atoms in total. The van der Waals surface area contributed by atoms with Crippen molar-refractivity contribution in [3.05, 3.63) is 18.0 Å². The molecule has 1 heterocycles. The number of nitrogens with zero attached hydrogens (tertiary/aromatic N) is 2. The number of hydrogen-bond acceptors (Lipinski definition) is 3. The molecule has 0 aliphatic heterocycles. The van der Waals surface area contributed by atoms with Crippen molar-refractivity contribution >= 4 is 5.78 Å². The average Bonchev–Trinajstić information content (AvgIpc) is 2.56. The molecule has 4 heteroatoms. The van der Waals surface area contributed by atoms with E-state index in [1.807, 2.05) is 19.3 Å². The zero-order valence-corrected chi connectivity index (χ0v) is 10.4. The van der Waals surface area contributed by atoms with E-state index in [1.165, 1.54) is 0 Å². The average molecular weight is 236 g/mol. The lowest BCUT2D eigenvalue weighted by Gasteiger charge is -2.24. The van der Waals surface area contributed by atoms with Crippen LogP contribution in [0.4, 0.5) is 0 Å². The first kappa shape index (κ1) is 12.3. The molecule has 1 saturated carbocycles. The van der Waals surface area contributed by atoms with Crippen LogP contribution in [0.3, 0.4) is 0 Å². The van der Waals surface area contributed by atoms with E-state index < -0.39 is 5.60 Å². The van der Waals surface area contributed by atoms with Gasteiger partial charge in [-0.3, -0.25) is 9.48 Å². The number of hydrogen-bond donors (Lipinski definition) is 1. The molecule has 1 N–H and O–H groups in total. The van der Waals surface area contributed by atoms with Gasteiger partial charge in [-0.15, -0.1) is 0 Å². The fraction of sp³-hybridized carbons (Fsp3) is 0.692. The number of aryl methyl sites for hydroxylation is 1. The monoisotopic (exact) mass is 236 g/mol. The van der Waals surface area contributed by atoms with Crippen molar-refractivity contribution in [2.45, 2.75) is 50.5 Å². The molecule has 0 bridgehead atoms. The smallest absolute Gasteiger partial charge is 0.170 e. The number of carbonyl (C=O) groups excluding carboxylic acids is 1. The lowest BCUT2D eigenvalue weighted by atomic mass is 9.87. The molecule has 0 spiro atoms. The van der Waals surface area contributed by atoms with Gasteiger partial charge in [0.25, 0.3) is 0 Å². The van der Waals surface area contributed by atoms with Crippen LogP contribution in [0.25, 0.3) is 0 Å². The molecule has 1 aliphatic rings. The summed E-state index contributed by atoms with van der Waals surface area (Å²) < 4.78 is 1.68. The normalized spacial score (nSPS) is 19.9. The van der Waals surface area contributed by atoms with Gasteiger partial charge in [0.1, 0.15) is 5.60 Å². The first-order valence-corrected chi connectivity index (χ1v) is 6.34. The highest BCUT2D eigenvalue weighted by Crippen LogP contribution is 2.28. The molecule has 1 aromatic heterocycles. The third kappa shape index (κ3) is 2.94. The van der Waals surface area contributed by atoms with E-state index in [1.54, 1.807) is 4.68 Å². The minimum absolute atomic E-state index is 0.0712. The van der Waals surface area contributed by atoms with Crippen LogP contribution in [0.1, 0.15) is 44.2 Å². The Kier molecular flexibility index (Phi) is 3.62. The van der Waals surface area contributed by atoms with Crippen LogP contribution in [-0.4, -0.2) is 26.3 Å². The second kappa shape index (κ2) is 5.00. The summed E-state index contributed by atoms with van der Waals surface area (Å²) >= 11 is 0. The predicted octanol–water partition coefficient (Wildman–Crippen LogP) is 1.62. The number of Topliss-reactive ketones (excluding diaryl/α,β-unsaturated/α-hetero) is 1. The van der Waals surface area contributed by atoms with Crippen molar-refractivity contribution in [1.29, 1.82) is 0 Å². The maximum Gasteiger partial charge on any atom is 0.170 e. The van der Waals surface area contributed by atoms with Gasteiger partial charge in [0, 0.05) is 13.2 Å². The Labute approximate surface area is 102 Å². The van der Waals surface area contributed by atoms with E-state index in [0.717, 1.165) is 31.4 Å². The zero-order chi connectivity index (χ0) is 12.3. The summed E-state index contributed by atoms with van der Waals surface area (Å²) in [6.07, 6.45) is 7.43. The lowest BCUT2D eigenvalue weighted by molar-refractivity contribution is -0.138. The van der Waals surface area contributed by atoms with Crippen LogP contribution in [0.15, 0.2) is 12.3 Å². The molecule has 17 heavy (non-hydrogen) atoms. The van der Waals surface area contributed by atoms with Crippen LogP contribution >= 0.6 is 0 Å². The third-order valence-corrected chi connectivity index (χ3v) is 3.56. The second-order valence-electron chi connectivity index (χ2n) is 5.03. The highest BCUT2D eigenvalue weighted by molar-refractivity contribution is 5.88. The summed E-state index contributed by atoms with van der Waals surface area (Å²) in [5.41, 5.74) is -0.358. The van der Waals surface area contributed by atoms with Gasteiger partial charge < -0.3 is 5.11 Å². The van der Waals surface area contributed by atoms with Gasteiger partial charge in [0.2, 0.25) is 0 Å². The van der Waals surface area contributed by atoms with Crippen LogP contribution in [0.5, 0.6) is 0 Å². The Morgan fingerprint density at radius 3 is 2.59 bits per heavy atom. The van der Waals surface area contributed by atoms with Crippen molar-refractivity contribution in [3.8, 4) is 0 Å². The molecular weight excluding hydrogens is 216 g/mol. The molecule has 0 amide bonds. The zero-order valence-electron chi connectivity index (χ0n) is 10.4. The molecular formula is C13H20N2O2. The number of aliphatic hydroxyl groups is 1. The van der Waals surface area contributed by atoms with Gasteiger partial charge >= 0.3 is 0 Å². The van der Waals surface area contributed by atoms with E-state index in [4.69, 9.17) is 0 Å². The SMILES string of the molecule is Cn1ccc(CC(=O)C2(O)CCCCCC2)n1. The maximum absolute atomic E-state index is 12.2. The Morgan fingerprint density at radius 1 is 1.41 bits per heavy atom. The molecule has 2 rings (SSSR count). The van der Waals surface area contributed by atoms with Crippen molar-refractivity contribution < 1.29 is 9.90 Å². The molecule has 0 saturated heterocycles. The fourth-order valence-corrected chi connectivity index (χ4v) is 2.48. The van der Waals surface area contributed by atoms with E-state index in [2.05, 4.69) is 5.10 Å². The van der Waals surface area contributed by atoms with Crippen molar-refractivity contribution in [2.75, 3.05) is 0 Å². The molecule has 0 atom stereocenters. The molecule has 94 valence electrons. The minimum atomic E-state index is -1.10. The molecule has 0 radical (unpaired) electrons. The quantitative estimate of drug-likeness (QED) is 0.811. The van der Waals surface area contributed by atoms with E-state index in [-0.39, 0.29) is 12.2 Å². The second-order valence-corrected chi connectivity index (χ2v) is 5.03. The number of ketones is 1. The Balaban J connectivity index is 2.02. The largest absolute Gasteiger partial charge is 0.382 e. The summed E-state index contributed by atoms with van der Waals surface area (Å²) in [5, 5.41) is 14.6. The van der Waals surface area contributed by atoms with Crippen molar-refractivity contribution in [1.82, 2.24) is 9.78 Å². The predicted molar refractivity (Wildman–Crippen MR) is 64.6 cm³/mol. The number of rotatable bonds is 3. The number of carbonyl (C=O) groups is 1. The standard InChI is InChI=1S/C13H20N2O2/c1-15-9-6-11(14-15)10-12(16)13(17)7-4-2-3-5-8-13/h6,9,17H,2-5,7-8,10H2,1H3. The highest BCUT2D eigenvalue weighted by Gasteiger charge is 2.35. The van der Waals surface area contributed by atoms with Crippen LogP contribution < -0.4 is 0 Å². The van der Waals surface area contributed by atoms with Crippen LogP contribution in [0, 0.1) is 0 Å². The van der Waals surface area contributed by atoms with Crippen molar-refractivity contribution in [3.63, 3.8) is 0 Å². The summed E-state index contributed by atoms with van der Waals surface area (Å²) in [7, 11) is 1.83. The molecule has 0 unspecified atom stereocenters. The molecule has 1 aliphatic carbocycles. The van der Waals surface area contributed by atoms with Crippen molar-refractivity contribution in [2.24, 2.45) is 7.05 Å². The Morgan fingerprint density at radius 2 is 2.06 bits per heavy atom. The molecule has 1 aromatic rings. The molecule has 1 fully saturated rings. The highest BCUT2D eigenvalue weighted by atomic mass is 16.3. The minimum Gasteiger partial charge on any atom is -0.382 e. The summed E-state index contributed by atoms with van der Waals surface area (Å²) in [5.74, 6) is -0.0712. The van der Waals surface area contributed by atoms with Gasteiger partial charge in [0.05, 0.1) is 12.1 Å². The Hall–Kier alpha value is -1.16. The summed E-state index contributed by atoms with van der Waals surface area (Å²) in [6.45, 7) is 0. The van der Waals surface area contributed by atoms with Gasteiger partial charge in [-0.1, -0.05) is 25.7 Å². The van der Waals surface area contributed by atoms with Crippen LogP contribution in [0.2, 0.25) is 0 Å². The maximum atomic E-state index is 12.2. The first-order valence-electron chi connectivity index (χ1n) is 6.34. The van der Waals surface area contributed by atoms with Gasteiger partial charge in [-0.2, -0.15) is 5.10 Å². The van der Waals surface area contributed by atoms with E-state index in [9.17, 15) is 9.90 Å². The number of aromatic nitrogens is 2. The topological polar surface area (TPSA) is 55.1 Å². The summed E-state index contributed by atoms with van der Waals surface area (Å²) in [6, 6.07) is 1.83. The van der Waals surface area contributed by atoms with Gasteiger partial charge in [-0.25, -0.2) is 0 Å².